The molecule has 35 heavy (non-hydrogen) atoms. The van der Waals surface area contributed by atoms with Crippen LogP contribution in [0.25, 0.3) is 12.2 Å². The van der Waals surface area contributed by atoms with Crippen molar-refractivity contribution in [2.24, 2.45) is 0 Å². The van der Waals surface area contributed by atoms with Gasteiger partial charge in [0.2, 0.25) is 0 Å². The molecule has 3 aromatic rings. The van der Waals surface area contributed by atoms with Crippen LogP contribution in [0.15, 0.2) is 84.9 Å². The van der Waals surface area contributed by atoms with E-state index in [9.17, 15) is 9.59 Å². The molecule has 2 N–H and O–H groups in total. The van der Waals surface area contributed by atoms with Crippen molar-refractivity contribution in [3.05, 3.63) is 107 Å². The van der Waals surface area contributed by atoms with Gasteiger partial charge in [-0.25, -0.2) is 10.5 Å². The van der Waals surface area contributed by atoms with Gasteiger partial charge in [-0.15, -0.1) is 0 Å². The number of carbonyl (C=O) groups excluding carboxylic acids is 2. The number of hydroxylamine groups is 1. The number of amides is 1. The Morgan fingerprint density at radius 3 is 2.20 bits per heavy atom. The molecule has 0 saturated carbocycles. The van der Waals surface area contributed by atoms with Crippen molar-refractivity contribution >= 4 is 29.5 Å². The topological polar surface area (TPSA) is 85.8 Å². The van der Waals surface area contributed by atoms with Crippen molar-refractivity contribution in [1.82, 2.24) is 15.4 Å². The first-order valence-corrected chi connectivity index (χ1v) is 11.5. The minimum absolute atomic E-state index is 0.0778. The van der Waals surface area contributed by atoms with E-state index in [0.717, 1.165) is 38.3 Å². The van der Waals surface area contributed by atoms with Gasteiger partial charge in [0.15, 0.2) is 5.78 Å². The zero-order valence-electron chi connectivity index (χ0n) is 19.4. The predicted molar refractivity (Wildman–Crippen MR) is 137 cm³/mol. The molecule has 2 aromatic carbocycles. The minimum atomic E-state index is -0.638. The summed E-state index contributed by atoms with van der Waals surface area (Å²) in [6, 6.07) is 23.5. The normalized spacial score (nSPS) is 14.5. The fraction of sp³-hybridized carbons (Fsp3) is 0.179. The Bertz CT molecular complexity index is 1220. The van der Waals surface area contributed by atoms with Crippen molar-refractivity contribution in [1.29, 1.82) is 0 Å². The maximum Gasteiger partial charge on any atom is 0.267 e. The number of nitrogens with zero attached hydrogens (tertiary/aromatic N) is 3. The summed E-state index contributed by atoms with van der Waals surface area (Å²) < 4.78 is 0. The molecule has 0 radical (unpaired) electrons. The summed E-state index contributed by atoms with van der Waals surface area (Å²) in [7, 11) is 0. The van der Waals surface area contributed by atoms with Crippen LogP contribution in [0.5, 0.6) is 0 Å². The average molecular weight is 469 g/mol. The van der Waals surface area contributed by atoms with Gasteiger partial charge in [0.1, 0.15) is 0 Å². The molecule has 7 nitrogen and oxygen atoms in total. The van der Waals surface area contributed by atoms with Crippen LogP contribution in [-0.4, -0.2) is 53.0 Å². The van der Waals surface area contributed by atoms with E-state index in [0.29, 0.717) is 17.0 Å². The van der Waals surface area contributed by atoms with Gasteiger partial charge < -0.3 is 4.90 Å². The lowest BCUT2D eigenvalue weighted by Crippen LogP contribution is -2.46. The molecule has 7 heteroatoms. The number of anilines is 1. The first kappa shape index (κ1) is 24.1. The highest BCUT2D eigenvalue weighted by Crippen LogP contribution is 2.19. The summed E-state index contributed by atoms with van der Waals surface area (Å²) in [4.78, 5) is 33.3. The molecular formula is C28H28N4O3. The second-order valence-corrected chi connectivity index (χ2v) is 8.25. The van der Waals surface area contributed by atoms with E-state index in [-0.39, 0.29) is 5.78 Å². The molecule has 4 rings (SSSR count). The highest BCUT2D eigenvalue weighted by molar-refractivity contribution is 6.07. The van der Waals surface area contributed by atoms with Crippen molar-refractivity contribution in [2.75, 3.05) is 31.1 Å². The van der Waals surface area contributed by atoms with Crippen LogP contribution in [0, 0.1) is 0 Å². The van der Waals surface area contributed by atoms with Crippen LogP contribution < -0.4 is 10.4 Å². The Morgan fingerprint density at radius 2 is 1.49 bits per heavy atom. The van der Waals surface area contributed by atoms with Crippen molar-refractivity contribution in [3.63, 3.8) is 0 Å². The molecule has 1 saturated heterocycles. The Morgan fingerprint density at radius 1 is 0.829 bits per heavy atom. The minimum Gasteiger partial charge on any atom is -0.369 e. The predicted octanol–water partition coefficient (Wildman–Crippen LogP) is 3.82. The number of hydrogen-bond donors (Lipinski definition) is 2. The summed E-state index contributed by atoms with van der Waals surface area (Å²) in [5, 5.41) is 8.58. The third kappa shape index (κ3) is 6.72. The summed E-state index contributed by atoms with van der Waals surface area (Å²) in [5.41, 5.74) is 5.61. The molecule has 1 amide bonds. The monoisotopic (exact) mass is 468 g/mol. The molecule has 178 valence electrons. The number of benzene rings is 2. The van der Waals surface area contributed by atoms with Gasteiger partial charge in [0, 0.05) is 50.1 Å². The Hall–Kier alpha value is -4.07. The molecule has 1 aliphatic heterocycles. The lowest BCUT2D eigenvalue weighted by Gasteiger charge is -2.36. The number of carbonyl (C=O) groups is 2. The van der Waals surface area contributed by atoms with E-state index < -0.39 is 5.91 Å². The van der Waals surface area contributed by atoms with E-state index >= 15 is 0 Å². The highest BCUT2D eigenvalue weighted by atomic mass is 16.5. The highest BCUT2D eigenvalue weighted by Gasteiger charge is 2.19. The summed E-state index contributed by atoms with van der Waals surface area (Å²) in [5.74, 6) is -0.716. The Balaban J connectivity index is 1.39. The van der Waals surface area contributed by atoms with Crippen LogP contribution in [0.4, 0.5) is 5.69 Å². The van der Waals surface area contributed by atoms with Crippen LogP contribution in [0.2, 0.25) is 0 Å². The smallest absolute Gasteiger partial charge is 0.267 e. The van der Waals surface area contributed by atoms with E-state index in [1.54, 1.807) is 24.3 Å². The molecule has 1 aromatic heterocycles. The third-order valence-corrected chi connectivity index (χ3v) is 5.88. The molecule has 1 aliphatic rings. The standard InChI is InChI=1S/C28H28N4O3/c33-27(15-13-23-8-6-9-24(29-23)14-16-28(34)30-35)26-12-5-4-7-22(26)21-31-17-19-32(20-18-31)25-10-2-1-3-11-25/h1-16,35H,17-21H2,(H,30,34). The van der Waals surface area contributed by atoms with Gasteiger partial charge in [0.05, 0.1) is 11.4 Å². The summed E-state index contributed by atoms with van der Waals surface area (Å²) >= 11 is 0. The van der Waals surface area contributed by atoms with Gasteiger partial charge >= 0.3 is 0 Å². The van der Waals surface area contributed by atoms with E-state index in [1.165, 1.54) is 29.4 Å². The molecule has 0 bridgehead atoms. The van der Waals surface area contributed by atoms with E-state index in [2.05, 4.69) is 39.0 Å². The summed E-state index contributed by atoms with van der Waals surface area (Å²) in [6.45, 7) is 4.51. The fourth-order valence-corrected chi connectivity index (χ4v) is 4.05. The largest absolute Gasteiger partial charge is 0.369 e. The SMILES string of the molecule is O=C(C=Cc1cccc(C=CC(=O)c2ccccc2CN2CCN(c3ccccc3)CC2)n1)NO. The second-order valence-electron chi connectivity index (χ2n) is 8.25. The quantitative estimate of drug-likeness (QED) is 0.226. The van der Waals surface area contributed by atoms with Crippen LogP contribution in [-0.2, 0) is 11.3 Å². The van der Waals surface area contributed by atoms with E-state index in [1.807, 2.05) is 30.3 Å². The number of nitrogens with one attached hydrogen (secondary N) is 1. The summed E-state index contributed by atoms with van der Waals surface area (Å²) in [6.07, 6.45) is 5.86. The maximum atomic E-state index is 13.0. The van der Waals surface area contributed by atoms with Crippen LogP contribution in [0.3, 0.4) is 0 Å². The molecule has 2 heterocycles. The van der Waals surface area contributed by atoms with Gasteiger partial charge in [0.25, 0.3) is 5.91 Å². The van der Waals surface area contributed by atoms with Crippen molar-refractivity contribution < 1.29 is 14.8 Å². The van der Waals surface area contributed by atoms with Crippen LogP contribution >= 0.6 is 0 Å². The molecule has 0 atom stereocenters. The Kier molecular flexibility index (Phi) is 8.17. The van der Waals surface area contributed by atoms with Crippen molar-refractivity contribution in [2.45, 2.75) is 6.54 Å². The number of aromatic nitrogens is 1. The first-order valence-electron chi connectivity index (χ1n) is 11.5. The molecular weight excluding hydrogens is 440 g/mol. The number of pyridine rings is 1. The molecule has 1 fully saturated rings. The zero-order chi connectivity index (χ0) is 24.5. The lowest BCUT2D eigenvalue weighted by molar-refractivity contribution is -0.124. The van der Waals surface area contributed by atoms with Gasteiger partial charge in [-0.2, -0.15) is 0 Å². The van der Waals surface area contributed by atoms with Gasteiger partial charge in [-0.05, 0) is 48.1 Å². The molecule has 0 unspecified atom stereocenters. The van der Waals surface area contributed by atoms with Crippen molar-refractivity contribution in [3.8, 4) is 0 Å². The molecule has 0 aliphatic carbocycles. The number of rotatable bonds is 8. The van der Waals surface area contributed by atoms with Gasteiger partial charge in [-0.3, -0.25) is 19.7 Å². The third-order valence-electron chi connectivity index (χ3n) is 5.88. The lowest BCUT2D eigenvalue weighted by atomic mass is 10.0. The number of ketones is 1. The number of para-hydroxylation sites is 1. The Labute approximate surface area is 205 Å². The molecule has 0 spiro atoms. The maximum absolute atomic E-state index is 13.0. The van der Waals surface area contributed by atoms with E-state index in [4.69, 9.17) is 5.21 Å². The van der Waals surface area contributed by atoms with Crippen LogP contribution in [0.1, 0.15) is 27.3 Å². The fourth-order valence-electron chi connectivity index (χ4n) is 4.05. The number of hydrogen-bond acceptors (Lipinski definition) is 6. The number of allylic oxidation sites excluding steroid dienone is 1. The number of piperazine rings is 1. The van der Waals surface area contributed by atoms with Gasteiger partial charge in [-0.1, -0.05) is 48.5 Å². The second kappa shape index (κ2) is 11.9. The average Bonchev–Trinajstić information content (AvgIpc) is 2.92. The zero-order valence-corrected chi connectivity index (χ0v) is 19.4. The first-order chi connectivity index (χ1) is 17.1.